The van der Waals surface area contributed by atoms with E-state index in [0.717, 1.165) is 39.0 Å². The minimum atomic E-state index is -0.307. The first-order chi connectivity index (χ1) is 19.6. The number of ether oxygens (including phenoxy) is 2. The molecule has 0 saturated carbocycles. The van der Waals surface area contributed by atoms with Crippen molar-refractivity contribution in [3.8, 4) is 11.5 Å². The van der Waals surface area contributed by atoms with Crippen LogP contribution in [-0.4, -0.2) is 16.0 Å². The molecule has 0 amide bonds. The van der Waals surface area contributed by atoms with E-state index in [0.29, 0.717) is 27.6 Å². The van der Waals surface area contributed by atoms with Crippen molar-refractivity contribution in [2.24, 2.45) is 0 Å². The van der Waals surface area contributed by atoms with E-state index >= 15 is 0 Å². The van der Waals surface area contributed by atoms with E-state index in [1.54, 1.807) is 16.5 Å². The molecule has 0 unspecified atom stereocenters. The molecule has 40 heavy (non-hydrogen) atoms. The van der Waals surface area contributed by atoms with Crippen LogP contribution in [0.3, 0.4) is 0 Å². The third kappa shape index (κ3) is 4.06. The van der Waals surface area contributed by atoms with E-state index in [1.165, 1.54) is 23.5 Å². The molecule has 0 radical (unpaired) electrons. The molecule has 4 aromatic carbocycles. The Morgan fingerprint density at radius 2 is 1.73 bits per heavy atom. The number of hydrogen-bond donors (Lipinski definition) is 0. The number of allylic oxidation sites excluding steroid dienone is 1. The highest BCUT2D eigenvalue weighted by atomic mass is 32.1. The second-order valence-corrected chi connectivity index (χ2v) is 10.5. The normalized spacial score (nSPS) is 15.4. The minimum Gasteiger partial charge on any atom is -0.494 e. The Labute approximate surface area is 233 Å². The minimum absolute atomic E-state index is 0.135. The predicted molar refractivity (Wildman–Crippen MR) is 156 cm³/mol. The van der Waals surface area contributed by atoms with Crippen LogP contribution in [0.15, 0.2) is 107 Å². The zero-order chi connectivity index (χ0) is 27.2. The number of fused-ring (bicyclic) bond motifs is 4. The molecule has 0 saturated heterocycles. The van der Waals surface area contributed by atoms with Gasteiger partial charge in [0.2, 0.25) is 0 Å². The number of aromatic nitrogens is 2. The zero-order valence-electron chi connectivity index (χ0n) is 21.5. The van der Waals surface area contributed by atoms with E-state index < -0.39 is 0 Å². The largest absolute Gasteiger partial charge is 0.494 e. The highest BCUT2D eigenvalue weighted by Crippen LogP contribution is 2.46. The highest BCUT2D eigenvalue weighted by Gasteiger charge is 2.31. The van der Waals surface area contributed by atoms with Gasteiger partial charge >= 0.3 is 0 Å². The number of para-hydroxylation sites is 3. The average Bonchev–Trinajstić information content (AvgIpc) is 3.49. The van der Waals surface area contributed by atoms with Crippen LogP contribution in [0.2, 0.25) is 0 Å². The van der Waals surface area contributed by atoms with Gasteiger partial charge in [-0.1, -0.05) is 53.8 Å². The molecule has 0 bridgehead atoms. The van der Waals surface area contributed by atoms with Crippen molar-refractivity contribution >= 4 is 39.2 Å². The molecule has 196 valence electrons. The fourth-order valence-corrected chi connectivity index (χ4v) is 6.27. The second-order valence-electron chi connectivity index (χ2n) is 9.50. The maximum absolute atomic E-state index is 14.0. The van der Waals surface area contributed by atoms with Gasteiger partial charge in [0.25, 0.3) is 5.56 Å². The lowest BCUT2D eigenvalue weighted by Gasteiger charge is -2.30. The summed E-state index contributed by atoms with van der Waals surface area (Å²) in [6, 6.07) is 29.7. The van der Waals surface area contributed by atoms with Gasteiger partial charge in [-0.25, -0.2) is 13.8 Å². The van der Waals surface area contributed by atoms with Gasteiger partial charge in [0.1, 0.15) is 23.1 Å². The van der Waals surface area contributed by atoms with E-state index in [9.17, 15) is 9.18 Å². The molecule has 1 atom stereocenters. The van der Waals surface area contributed by atoms with E-state index in [2.05, 4.69) is 4.98 Å². The summed E-state index contributed by atoms with van der Waals surface area (Å²) in [6.45, 7) is 2.51. The fraction of sp³-hybridized carbons (Fsp3) is 0.0909. The maximum atomic E-state index is 14.0. The number of benzene rings is 4. The molecule has 2 aromatic heterocycles. The molecule has 1 aliphatic heterocycles. The first-order valence-electron chi connectivity index (χ1n) is 13.0. The molecule has 5 nitrogen and oxygen atoms in total. The highest BCUT2D eigenvalue weighted by molar-refractivity contribution is 7.15. The molecular formula is C33H23FN2O3S. The van der Waals surface area contributed by atoms with Crippen molar-refractivity contribution in [1.29, 1.82) is 0 Å². The fourth-order valence-electron chi connectivity index (χ4n) is 5.29. The molecule has 7 rings (SSSR count). The summed E-state index contributed by atoms with van der Waals surface area (Å²) in [5, 5.41) is 0. The summed E-state index contributed by atoms with van der Waals surface area (Å²) in [5.74, 6) is 1.51. The molecule has 7 heteroatoms. The molecule has 3 heterocycles. The molecule has 0 aliphatic carbocycles. The smallest absolute Gasteiger partial charge is 0.274 e. The van der Waals surface area contributed by atoms with Crippen LogP contribution in [-0.2, 0) is 0 Å². The molecule has 0 N–H and O–H groups in total. The molecule has 6 aromatic rings. The lowest BCUT2D eigenvalue weighted by molar-refractivity contribution is 0.340. The third-order valence-electron chi connectivity index (χ3n) is 7.08. The van der Waals surface area contributed by atoms with Gasteiger partial charge in [-0.2, -0.15) is 0 Å². The van der Waals surface area contributed by atoms with E-state index in [1.807, 2.05) is 85.8 Å². The zero-order valence-corrected chi connectivity index (χ0v) is 22.3. The summed E-state index contributed by atoms with van der Waals surface area (Å²) in [4.78, 5) is 19.1. The Hall–Kier alpha value is -4.75. The summed E-state index contributed by atoms with van der Waals surface area (Å²) in [5.41, 5.74) is 4.91. The first kappa shape index (κ1) is 24.3. The SMILES string of the molecule is CCOc1ccc(C2=C(C=c3sc4nc5ccccc5n4c3=O)[C@@H](c3ccc(F)cc3)c3ccccc3O2)cc1. The Kier molecular flexibility index (Phi) is 5.94. The lowest BCUT2D eigenvalue weighted by Crippen LogP contribution is -2.24. The lowest BCUT2D eigenvalue weighted by atomic mass is 9.81. The van der Waals surface area contributed by atoms with Gasteiger partial charge in [0.05, 0.1) is 22.2 Å². The van der Waals surface area contributed by atoms with Gasteiger partial charge in [0, 0.05) is 22.6 Å². The van der Waals surface area contributed by atoms with Gasteiger partial charge in [-0.15, -0.1) is 0 Å². The number of hydrogen-bond acceptors (Lipinski definition) is 5. The number of thiazole rings is 1. The maximum Gasteiger partial charge on any atom is 0.274 e. The number of nitrogens with zero attached hydrogens (tertiary/aromatic N) is 2. The van der Waals surface area contributed by atoms with Crippen LogP contribution >= 0.6 is 11.3 Å². The number of halogens is 1. The van der Waals surface area contributed by atoms with Crippen LogP contribution in [0.5, 0.6) is 11.5 Å². The van der Waals surface area contributed by atoms with Crippen molar-refractivity contribution in [2.75, 3.05) is 6.61 Å². The predicted octanol–water partition coefficient (Wildman–Crippen LogP) is 6.58. The molecule has 0 fully saturated rings. The number of rotatable bonds is 5. The van der Waals surface area contributed by atoms with Crippen LogP contribution in [0.25, 0.3) is 27.8 Å². The van der Waals surface area contributed by atoms with Crippen molar-refractivity contribution in [1.82, 2.24) is 9.38 Å². The van der Waals surface area contributed by atoms with Crippen LogP contribution in [0.4, 0.5) is 4.39 Å². The summed E-state index contributed by atoms with van der Waals surface area (Å²) >= 11 is 1.34. The Bertz CT molecular complexity index is 2030. The van der Waals surface area contributed by atoms with Crippen LogP contribution in [0, 0.1) is 5.82 Å². The van der Waals surface area contributed by atoms with Gasteiger partial charge in [0.15, 0.2) is 4.96 Å². The first-order valence-corrected chi connectivity index (χ1v) is 13.8. The van der Waals surface area contributed by atoms with Crippen LogP contribution in [0.1, 0.15) is 29.5 Å². The third-order valence-corrected chi connectivity index (χ3v) is 8.05. The van der Waals surface area contributed by atoms with Crippen molar-refractivity contribution in [3.63, 3.8) is 0 Å². The number of imidazole rings is 1. The van der Waals surface area contributed by atoms with Crippen LogP contribution < -0.4 is 19.6 Å². The van der Waals surface area contributed by atoms with Crippen molar-refractivity contribution in [3.05, 3.63) is 140 Å². The molecule has 1 aliphatic rings. The van der Waals surface area contributed by atoms with Gasteiger partial charge in [-0.3, -0.25) is 4.79 Å². The summed E-state index contributed by atoms with van der Waals surface area (Å²) in [7, 11) is 0. The van der Waals surface area contributed by atoms with Gasteiger partial charge < -0.3 is 9.47 Å². The van der Waals surface area contributed by atoms with Gasteiger partial charge in [-0.05, 0) is 73.2 Å². The van der Waals surface area contributed by atoms with Crippen molar-refractivity contribution < 1.29 is 13.9 Å². The molecular weight excluding hydrogens is 523 g/mol. The van der Waals surface area contributed by atoms with E-state index in [-0.39, 0.29) is 17.3 Å². The average molecular weight is 547 g/mol. The molecule has 0 spiro atoms. The van der Waals surface area contributed by atoms with E-state index in [4.69, 9.17) is 9.47 Å². The summed E-state index contributed by atoms with van der Waals surface area (Å²) in [6.07, 6.45) is 1.91. The summed E-state index contributed by atoms with van der Waals surface area (Å²) < 4.78 is 28.4. The standard InChI is InChI=1S/C33H23FN2O3S/c1-2-38-23-17-13-21(14-18-23)31-25(19-29-32(37)36-27-9-5-4-8-26(27)35-33(36)40-29)30(20-11-15-22(34)16-12-20)24-7-3-6-10-28(24)39-31/h3-19,30H,2H2,1H3/t30-/m0/s1. The topological polar surface area (TPSA) is 52.8 Å². The quantitative estimate of drug-likeness (QED) is 0.245. The Morgan fingerprint density at radius 1 is 0.975 bits per heavy atom. The second kappa shape index (κ2) is 9.77. The Balaban J connectivity index is 1.51. The Morgan fingerprint density at radius 3 is 2.52 bits per heavy atom. The monoisotopic (exact) mass is 546 g/mol. The van der Waals surface area contributed by atoms with Crippen molar-refractivity contribution in [2.45, 2.75) is 12.8 Å².